The Morgan fingerprint density at radius 2 is 2.03 bits per heavy atom. The number of imidazole rings is 1. The smallest absolute Gasteiger partial charge is 0.281 e. The van der Waals surface area contributed by atoms with Crippen molar-refractivity contribution in [1.29, 1.82) is 0 Å². The number of anilines is 1. The molecule has 13 heteroatoms. The van der Waals surface area contributed by atoms with Crippen molar-refractivity contribution in [1.82, 2.24) is 29.0 Å². The van der Waals surface area contributed by atoms with E-state index in [0.717, 1.165) is 0 Å². The number of likely N-dealkylation sites (N-methyl/N-ethyl adjacent to an activating group) is 1. The van der Waals surface area contributed by atoms with Gasteiger partial charge < -0.3 is 14.6 Å². The number of aryl methyl sites for hydroxylation is 1. The maximum atomic E-state index is 14.9. The van der Waals surface area contributed by atoms with Crippen molar-refractivity contribution in [3.63, 3.8) is 0 Å². The summed E-state index contributed by atoms with van der Waals surface area (Å²) in [5, 5.41) is 6.96. The summed E-state index contributed by atoms with van der Waals surface area (Å²) >= 11 is 0. The lowest BCUT2D eigenvalue weighted by Crippen LogP contribution is -2.38. The summed E-state index contributed by atoms with van der Waals surface area (Å²) in [6, 6.07) is 3.27. The second-order valence-corrected chi connectivity index (χ2v) is 8.61. The Morgan fingerprint density at radius 1 is 1.26 bits per heavy atom. The molecule has 1 aromatic carbocycles. The van der Waals surface area contributed by atoms with Gasteiger partial charge in [-0.25, -0.2) is 31.5 Å². The van der Waals surface area contributed by atoms with Gasteiger partial charge >= 0.3 is 0 Å². The first kappa shape index (κ1) is 23.3. The van der Waals surface area contributed by atoms with E-state index in [1.807, 2.05) is 0 Å². The van der Waals surface area contributed by atoms with Gasteiger partial charge in [-0.05, 0) is 37.7 Å². The highest BCUT2D eigenvalue weighted by molar-refractivity contribution is 5.90. The zero-order valence-electron chi connectivity index (χ0n) is 19.1. The average molecular weight is 495 g/mol. The van der Waals surface area contributed by atoms with Crippen LogP contribution in [0.2, 0.25) is 0 Å². The third-order valence-electron chi connectivity index (χ3n) is 6.09. The first-order valence-electron chi connectivity index (χ1n) is 10.8. The minimum Gasteiger partial charge on any atom is -0.479 e. The van der Waals surface area contributed by atoms with E-state index in [1.165, 1.54) is 34.1 Å². The summed E-state index contributed by atoms with van der Waals surface area (Å²) in [5.41, 5.74) is 1.43. The van der Waals surface area contributed by atoms with Crippen molar-refractivity contribution < 1.29 is 26.7 Å². The van der Waals surface area contributed by atoms with Crippen LogP contribution < -0.4 is 10.1 Å². The zero-order chi connectivity index (χ0) is 25.1. The Hall–Kier alpha value is -3.48. The summed E-state index contributed by atoms with van der Waals surface area (Å²) in [6.45, 7) is 0.641. The molecule has 5 rings (SSSR count). The molecular formula is C22H22F5N7O. The van der Waals surface area contributed by atoms with Crippen molar-refractivity contribution >= 4 is 22.5 Å². The molecule has 35 heavy (non-hydrogen) atoms. The van der Waals surface area contributed by atoms with Gasteiger partial charge in [0, 0.05) is 18.3 Å². The van der Waals surface area contributed by atoms with Gasteiger partial charge in [0.2, 0.25) is 11.8 Å². The fourth-order valence-electron chi connectivity index (χ4n) is 4.54. The molecule has 0 amide bonds. The highest BCUT2D eigenvalue weighted by Gasteiger charge is 2.47. The van der Waals surface area contributed by atoms with Crippen molar-refractivity contribution in [3.8, 4) is 17.0 Å². The van der Waals surface area contributed by atoms with E-state index in [9.17, 15) is 22.0 Å². The van der Waals surface area contributed by atoms with Gasteiger partial charge in [-0.2, -0.15) is 4.98 Å². The third-order valence-corrected chi connectivity index (χ3v) is 6.09. The lowest BCUT2D eigenvalue weighted by Gasteiger charge is -2.19. The minimum atomic E-state index is -2.96. The number of alkyl halides is 4. The quantitative estimate of drug-likeness (QED) is 0.410. The highest BCUT2D eigenvalue weighted by Crippen LogP contribution is 2.35. The summed E-state index contributed by atoms with van der Waals surface area (Å²) in [4.78, 5) is 9.85. The molecule has 0 spiro atoms. The van der Waals surface area contributed by atoms with E-state index in [4.69, 9.17) is 4.74 Å². The molecule has 1 aliphatic heterocycles. The topological polar surface area (TPSA) is 72.5 Å². The number of hydrogen-bond donors (Lipinski definition) is 1. The van der Waals surface area contributed by atoms with Crippen LogP contribution in [0.25, 0.3) is 27.7 Å². The molecule has 1 fully saturated rings. The summed E-state index contributed by atoms with van der Waals surface area (Å²) in [7, 11) is 2.97. The average Bonchev–Trinajstić information content (AvgIpc) is 3.41. The van der Waals surface area contributed by atoms with E-state index >= 15 is 0 Å². The van der Waals surface area contributed by atoms with Gasteiger partial charge in [-0.15, -0.1) is 5.10 Å². The monoisotopic (exact) mass is 495 g/mol. The number of aromatic nitrogens is 5. The van der Waals surface area contributed by atoms with Crippen molar-refractivity contribution in [2.75, 3.05) is 32.6 Å². The molecule has 186 valence electrons. The van der Waals surface area contributed by atoms with Crippen LogP contribution in [0.1, 0.15) is 5.82 Å². The number of rotatable bonds is 6. The van der Waals surface area contributed by atoms with Crippen LogP contribution in [0.3, 0.4) is 0 Å². The summed E-state index contributed by atoms with van der Waals surface area (Å²) in [6.07, 6.45) is -1.08. The molecule has 1 aliphatic rings. The van der Waals surface area contributed by atoms with Gasteiger partial charge in [0.25, 0.3) is 12.3 Å². The fourth-order valence-corrected chi connectivity index (χ4v) is 4.54. The van der Waals surface area contributed by atoms with E-state index in [0.29, 0.717) is 16.6 Å². The van der Waals surface area contributed by atoms with Crippen LogP contribution in [0, 0.1) is 12.7 Å². The molecule has 0 radical (unpaired) electrons. The van der Waals surface area contributed by atoms with Crippen LogP contribution >= 0.6 is 0 Å². The van der Waals surface area contributed by atoms with Crippen LogP contribution in [0.4, 0.5) is 27.9 Å². The van der Waals surface area contributed by atoms with E-state index < -0.39 is 30.8 Å². The normalized spacial score (nSPS) is 18.3. The van der Waals surface area contributed by atoms with Crippen LogP contribution in [-0.4, -0.2) is 74.7 Å². The Bertz CT molecular complexity index is 1420. The second-order valence-electron chi connectivity index (χ2n) is 8.61. The van der Waals surface area contributed by atoms with E-state index in [-0.39, 0.29) is 41.8 Å². The molecule has 3 aromatic heterocycles. The Kier molecular flexibility index (Phi) is 5.54. The molecule has 8 nitrogen and oxygen atoms in total. The van der Waals surface area contributed by atoms with Crippen LogP contribution in [0.5, 0.6) is 5.88 Å². The number of halogens is 5. The lowest BCUT2D eigenvalue weighted by atomic mass is 10.1. The minimum absolute atomic E-state index is 0.00687. The number of nitrogens with one attached hydrogen (secondary N) is 1. The molecule has 1 N–H and O–H groups in total. The number of nitrogens with zero attached hydrogens (tertiary/aromatic N) is 6. The van der Waals surface area contributed by atoms with Crippen molar-refractivity contribution in [2.45, 2.75) is 31.9 Å². The third kappa shape index (κ3) is 4.03. The van der Waals surface area contributed by atoms with E-state index in [1.54, 1.807) is 25.4 Å². The molecule has 1 saturated heterocycles. The second kappa shape index (κ2) is 8.33. The van der Waals surface area contributed by atoms with Crippen LogP contribution in [0.15, 0.2) is 24.4 Å². The molecule has 0 saturated carbocycles. The molecule has 4 aromatic rings. The van der Waals surface area contributed by atoms with E-state index in [2.05, 4.69) is 20.4 Å². The Morgan fingerprint density at radius 3 is 2.69 bits per heavy atom. The molecule has 0 aliphatic carbocycles. The van der Waals surface area contributed by atoms with Crippen molar-refractivity contribution in [2.24, 2.45) is 0 Å². The summed E-state index contributed by atoms with van der Waals surface area (Å²) < 4.78 is 77.7. The van der Waals surface area contributed by atoms with Gasteiger partial charge in [0.1, 0.15) is 22.9 Å². The molecule has 0 unspecified atom stereocenters. The molecule has 1 atom stereocenters. The van der Waals surface area contributed by atoms with Crippen LogP contribution in [-0.2, 0) is 6.54 Å². The fraction of sp³-hybridized carbons (Fsp3) is 0.409. The number of methoxy groups -OCH3 is 1. The predicted molar refractivity (Wildman–Crippen MR) is 119 cm³/mol. The first-order valence-corrected chi connectivity index (χ1v) is 10.8. The Labute approximate surface area is 196 Å². The lowest BCUT2D eigenvalue weighted by molar-refractivity contribution is 0.00582. The SMILES string of the molecule is COc1nc(N[C@@H]2CN(C)CC2(F)F)nn2ccc(-c3cc(F)c4nc(C)n(CC(F)F)c4c3)c12. The maximum Gasteiger partial charge on any atom is 0.281 e. The highest BCUT2D eigenvalue weighted by atomic mass is 19.3. The molecule has 0 bridgehead atoms. The standard InChI is InChI=1S/C22H22F5N7O/c1-11-28-18-14(23)6-12(7-15(18)33(11)9-17(24)25)13-4-5-34-19(13)20(35-3)30-21(31-34)29-16-8-32(2)10-22(16,26)27/h4-7,16-17H,8-10H2,1-3H3,(H,29,31)/t16-/m1/s1. The van der Waals surface area contributed by atoms with Crippen molar-refractivity contribution in [3.05, 3.63) is 36.0 Å². The number of hydrogen-bond acceptors (Lipinski definition) is 6. The van der Waals surface area contributed by atoms with Gasteiger partial charge in [-0.1, -0.05) is 0 Å². The largest absolute Gasteiger partial charge is 0.479 e. The summed E-state index contributed by atoms with van der Waals surface area (Å²) in [5.74, 6) is -3.34. The number of fused-ring (bicyclic) bond motifs is 2. The van der Waals surface area contributed by atoms with Gasteiger partial charge in [0.15, 0.2) is 5.82 Å². The van der Waals surface area contributed by atoms with Gasteiger partial charge in [0.05, 0.1) is 25.7 Å². The zero-order valence-corrected chi connectivity index (χ0v) is 19.1. The number of benzene rings is 1. The number of likely N-dealkylation sites (tertiary alicyclic amines) is 1. The van der Waals surface area contributed by atoms with Gasteiger partial charge in [-0.3, -0.25) is 4.90 Å². The predicted octanol–water partition coefficient (Wildman–Crippen LogP) is 3.83. The molecular weight excluding hydrogens is 473 g/mol. The Balaban J connectivity index is 1.59. The molecule has 4 heterocycles. The first-order chi connectivity index (χ1) is 16.6. The maximum absolute atomic E-state index is 14.9. The number of ether oxygens (including phenoxy) is 1.